The summed E-state index contributed by atoms with van der Waals surface area (Å²) in [6.07, 6.45) is 3.25. The second kappa shape index (κ2) is 7.20. The summed E-state index contributed by atoms with van der Waals surface area (Å²) < 4.78 is 5.06. The van der Waals surface area contributed by atoms with Crippen LogP contribution in [0.5, 0.6) is 5.75 Å². The first-order chi connectivity index (χ1) is 9.06. The standard InChI is InChI=1S/C14H17NO4/c1-3-12(14(17)18)15-13(16)8-7-10-5-4-6-11(9-10)19-2/h4-9,12H,3H2,1-2H3,(H,15,16)(H,17,18)/b8-7+. The van der Waals surface area contributed by atoms with E-state index in [4.69, 9.17) is 9.84 Å². The lowest BCUT2D eigenvalue weighted by molar-refractivity contribution is -0.141. The number of aliphatic carboxylic acids is 1. The molecule has 0 heterocycles. The van der Waals surface area contributed by atoms with Crippen LogP contribution in [0.15, 0.2) is 30.3 Å². The predicted octanol–water partition coefficient (Wildman–Crippen LogP) is 1.69. The van der Waals surface area contributed by atoms with Gasteiger partial charge >= 0.3 is 5.97 Å². The van der Waals surface area contributed by atoms with Crippen LogP contribution >= 0.6 is 0 Å². The summed E-state index contributed by atoms with van der Waals surface area (Å²) in [5.74, 6) is -0.776. The van der Waals surface area contributed by atoms with E-state index in [0.717, 1.165) is 5.56 Å². The molecule has 19 heavy (non-hydrogen) atoms. The van der Waals surface area contributed by atoms with Gasteiger partial charge in [-0.05, 0) is 30.2 Å². The Balaban J connectivity index is 2.65. The van der Waals surface area contributed by atoms with Crippen LogP contribution in [-0.4, -0.2) is 30.1 Å². The zero-order valence-corrected chi connectivity index (χ0v) is 10.9. The molecule has 0 aliphatic heterocycles. The number of hydrogen-bond donors (Lipinski definition) is 2. The number of hydrogen-bond acceptors (Lipinski definition) is 3. The Kier molecular flexibility index (Phi) is 5.60. The van der Waals surface area contributed by atoms with Gasteiger partial charge in [0, 0.05) is 6.08 Å². The van der Waals surface area contributed by atoms with Gasteiger partial charge < -0.3 is 15.2 Å². The zero-order valence-electron chi connectivity index (χ0n) is 10.9. The summed E-state index contributed by atoms with van der Waals surface area (Å²) in [4.78, 5) is 22.3. The van der Waals surface area contributed by atoms with Crippen molar-refractivity contribution in [3.63, 3.8) is 0 Å². The second-order valence-corrected chi connectivity index (χ2v) is 3.92. The third kappa shape index (κ3) is 4.83. The van der Waals surface area contributed by atoms with Gasteiger partial charge in [0.15, 0.2) is 0 Å². The Bertz CT molecular complexity index is 482. The van der Waals surface area contributed by atoms with E-state index in [1.54, 1.807) is 32.2 Å². The molecule has 0 radical (unpaired) electrons. The molecule has 0 fully saturated rings. The van der Waals surface area contributed by atoms with Crippen molar-refractivity contribution in [2.24, 2.45) is 0 Å². The molecule has 1 amide bonds. The van der Waals surface area contributed by atoms with Crippen molar-refractivity contribution < 1.29 is 19.4 Å². The second-order valence-electron chi connectivity index (χ2n) is 3.92. The van der Waals surface area contributed by atoms with Crippen LogP contribution in [0.2, 0.25) is 0 Å². The number of nitrogens with one attached hydrogen (secondary N) is 1. The van der Waals surface area contributed by atoms with Gasteiger partial charge in [-0.3, -0.25) is 4.79 Å². The van der Waals surface area contributed by atoms with Gasteiger partial charge in [0.2, 0.25) is 5.91 Å². The third-order valence-electron chi connectivity index (χ3n) is 2.54. The van der Waals surface area contributed by atoms with E-state index >= 15 is 0 Å². The number of methoxy groups -OCH3 is 1. The van der Waals surface area contributed by atoms with Crippen LogP contribution in [0.25, 0.3) is 6.08 Å². The Morgan fingerprint density at radius 3 is 2.79 bits per heavy atom. The summed E-state index contributed by atoms with van der Waals surface area (Å²) in [6, 6.07) is 6.35. The maximum absolute atomic E-state index is 11.6. The maximum Gasteiger partial charge on any atom is 0.326 e. The molecule has 0 spiro atoms. The molecule has 0 aromatic heterocycles. The average molecular weight is 263 g/mol. The molecule has 2 N–H and O–H groups in total. The zero-order chi connectivity index (χ0) is 14.3. The SMILES string of the molecule is CCC(NC(=O)/C=C/c1cccc(OC)c1)C(=O)O. The van der Waals surface area contributed by atoms with Gasteiger partial charge in [-0.25, -0.2) is 4.79 Å². The first-order valence-corrected chi connectivity index (χ1v) is 5.92. The van der Waals surface area contributed by atoms with E-state index in [1.165, 1.54) is 6.08 Å². The van der Waals surface area contributed by atoms with Crippen LogP contribution in [0.4, 0.5) is 0 Å². The fraction of sp³-hybridized carbons (Fsp3) is 0.286. The molecule has 1 aromatic carbocycles. The van der Waals surface area contributed by atoms with Crippen molar-refractivity contribution in [1.82, 2.24) is 5.32 Å². The first-order valence-electron chi connectivity index (χ1n) is 5.92. The average Bonchev–Trinajstić information content (AvgIpc) is 2.42. The molecule has 1 unspecified atom stereocenters. The number of carboxylic acids is 1. The smallest absolute Gasteiger partial charge is 0.326 e. The maximum atomic E-state index is 11.6. The summed E-state index contributed by atoms with van der Waals surface area (Å²) in [5.41, 5.74) is 0.804. The summed E-state index contributed by atoms with van der Waals surface area (Å²) >= 11 is 0. The number of carbonyl (C=O) groups excluding carboxylic acids is 1. The molecule has 0 saturated heterocycles. The van der Waals surface area contributed by atoms with Crippen LogP contribution < -0.4 is 10.1 Å². The minimum absolute atomic E-state index is 0.341. The van der Waals surface area contributed by atoms with Gasteiger partial charge in [0.05, 0.1) is 7.11 Å². The molecule has 0 saturated carbocycles. The van der Waals surface area contributed by atoms with Crippen molar-refractivity contribution in [2.45, 2.75) is 19.4 Å². The highest BCUT2D eigenvalue weighted by atomic mass is 16.5. The quantitative estimate of drug-likeness (QED) is 0.766. The monoisotopic (exact) mass is 263 g/mol. The fourth-order valence-electron chi connectivity index (χ4n) is 1.48. The molecule has 1 aromatic rings. The Labute approximate surface area is 111 Å². The van der Waals surface area contributed by atoms with Crippen molar-refractivity contribution >= 4 is 18.0 Å². The van der Waals surface area contributed by atoms with Crippen molar-refractivity contribution in [3.05, 3.63) is 35.9 Å². The minimum atomic E-state index is -1.04. The molecule has 5 nitrogen and oxygen atoms in total. The molecule has 102 valence electrons. The largest absolute Gasteiger partial charge is 0.497 e. The highest BCUT2D eigenvalue weighted by molar-refractivity contribution is 5.94. The number of carbonyl (C=O) groups is 2. The predicted molar refractivity (Wildman–Crippen MR) is 71.9 cm³/mol. The van der Waals surface area contributed by atoms with Crippen molar-refractivity contribution in [1.29, 1.82) is 0 Å². The van der Waals surface area contributed by atoms with E-state index in [2.05, 4.69) is 5.32 Å². The van der Waals surface area contributed by atoms with Crippen LogP contribution in [0.3, 0.4) is 0 Å². The van der Waals surface area contributed by atoms with Gasteiger partial charge in [-0.2, -0.15) is 0 Å². The Hall–Kier alpha value is -2.30. The molecular formula is C14H17NO4. The highest BCUT2D eigenvalue weighted by Gasteiger charge is 2.15. The van der Waals surface area contributed by atoms with Crippen LogP contribution in [-0.2, 0) is 9.59 Å². The molecule has 1 atom stereocenters. The topological polar surface area (TPSA) is 75.6 Å². The lowest BCUT2D eigenvalue weighted by Crippen LogP contribution is -2.39. The molecule has 5 heteroatoms. The van der Waals surface area contributed by atoms with E-state index in [-0.39, 0.29) is 0 Å². The highest BCUT2D eigenvalue weighted by Crippen LogP contribution is 2.13. The van der Waals surface area contributed by atoms with Gasteiger partial charge in [-0.15, -0.1) is 0 Å². The Morgan fingerprint density at radius 1 is 1.47 bits per heavy atom. The van der Waals surface area contributed by atoms with Crippen molar-refractivity contribution in [3.8, 4) is 5.75 Å². The van der Waals surface area contributed by atoms with E-state index in [9.17, 15) is 9.59 Å². The molecule has 1 rings (SSSR count). The third-order valence-corrected chi connectivity index (χ3v) is 2.54. The normalized spacial score (nSPS) is 12.1. The molecular weight excluding hydrogens is 246 g/mol. The summed E-state index contributed by atoms with van der Waals surface area (Å²) in [5, 5.41) is 11.2. The summed E-state index contributed by atoms with van der Waals surface area (Å²) in [6.45, 7) is 1.70. The van der Waals surface area contributed by atoms with Crippen molar-refractivity contribution in [2.75, 3.05) is 7.11 Å². The molecule has 0 aliphatic carbocycles. The van der Waals surface area contributed by atoms with E-state index in [1.807, 2.05) is 12.1 Å². The summed E-state index contributed by atoms with van der Waals surface area (Å²) in [7, 11) is 1.56. The number of ether oxygens (including phenoxy) is 1. The van der Waals surface area contributed by atoms with Crippen LogP contribution in [0.1, 0.15) is 18.9 Å². The number of carboxylic acid groups (broad SMARTS) is 1. The minimum Gasteiger partial charge on any atom is -0.497 e. The van der Waals surface area contributed by atoms with E-state index < -0.39 is 17.9 Å². The lowest BCUT2D eigenvalue weighted by atomic mass is 10.2. The fourth-order valence-corrected chi connectivity index (χ4v) is 1.48. The van der Waals surface area contributed by atoms with Gasteiger partial charge in [0.25, 0.3) is 0 Å². The van der Waals surface area contributed by atoms with E-state index in [0.29, 0.717) is 12.2 Å². The Morgan fingerprint density at radius 2 is 2.21 bits per heavy atom. The van der Waals surface area contributed by atoms with Gasteiger partial charge in [0.1, 0.15) is 11.8 Å². The first kappa shape index (κ1) is 14.8. The molecule has 0 bridgehead atoms. The number of benzene rings is 1. The number of rotatable bonds is 6. The van der Waals surface area contributed by atoms with Gasteiger partial charge in [-0.1, -0.05) is 19.1 Å². The lowest BCUT2D eigenvalue weighted by Gasteiger charge is -2.09. The number of amides is 1. The molecule has 0 aliphatic rings. The van der Waals surface area contributed by atoms with Crippen LogP contribution in [0, 0.1) is 0 Å².